The number of hydrogen-bond donors (Lipinski definition) is 1. The Morgan fingerprint density at radius 1 is 0.955 bits per heavy atom. The number of rotatable bonds is 3. The molecule has 120 valence electrons. The van der Waals surface area contributed by atoms with Gasteiger partial charge >= 0.3 is 0 Å². The SMILES string of the molecule is [Cl-].c1cc2c(cc1CNC13CC4CC(CC(C4)C1)C3)OCO2. The first kappa shape index (κ1) is 14.6. The Morgan fingerprint density at radius 3 is 2.27 bits per heavy atom. The van der Waals surface area contributed by atoms with Crippen LogP contribution in [-0.2, 0) is 6.54 Å². The Kier molecular flexibility index (Phi) is 3.54. The Balaban J connectivity index is 0.00000125. The molecule has 0 amide bonds. The second kappa shape index (κ2) is 5.31. The summed E-state index contributed by atoms with van der Waals surface area (Å²) in [5, 5.41) is 3.94. The predicted octanol–water partition coefficient (Wildman–Crippen LogP) is 0.478. The van der Waals surface area contributed by atoms with Crippen LogP contribution < -0.4 is 27.2 Å². The smallest absolute Gasteiger partial charge is 0.231 e. The molecular formula is C18H23ClNO2-. The van der Waals surface area contributed by atoms with Gasteiger partial charge in [0, 0.05) is 12.1 Å². The fourth-order valence-electron chi connectivity index (χ4n) is 5.67. The number of hydrogen-bond acceptors (Lipinski definition) is 3. The predicted molar refractivity (Wildman–Crippen MR) is 80.3 cm³/mol. The molecular weight excluding hydrogens is 298 g/mol. The van der Waals surface area contributed by atoms with E-state index < -0.39 is 0 Å². The Morgan fingerprint density at radius 2 is 1.59 bits per heavy atom. The fraction of sp³-hybridized carbons (Fsp3) is 0.667. The molecule has 0 radical (unpaired) electrons. The third-order valence-electron chi connectivity index (χ3n) is 6.14. The van der Waals surface area contributed by atoms with Crippen molar-refractivity contribution in [3.05, 3.63) is 23.8 Å². The van der Waals surface area contributed by atoms with E-state index in [1.807, 2.05) is 6.07 Å². The first-order valence-corrected chi connectivity index (χ1v) is 8.42. The summed E-state index contributed by atoms with van der Waals surface area (Å²) >= 11 is 0. The molecule has 3 nitrogen and oxygen atoms in total. The Hall–Kier alpha value is -0.930. The van der Waals surface area contributed by atoms with Gasteiger partial charge in [0.2, 0.25) is 6.79 Å². The van der Waals surface area contributed by atoms with Gasteiger partial charge in [-0.2, -0.15) is 0 Å². The van der Waals surface area contributed by atoms with Crippen LogP contribution in [0, 0.1) is 17.8 Å². The maximum atomic E-state index is 5.48. The van der Waals surface area contributed by atoms with E-state index in [1.165, 1.54) is 44.1 Å². The van der Waals surface area contributed by atoms with Crippen molar-refractivity contribution < 1.29 is 21.9 Å². The molecule has 6 rings (SSSR count). The van der Waals surface area contributed by atoms with Crippen molar-refractivity contribution in [3.8, 4) is 11.5 Å². The lowest BCUT2D eigenvalue weighted by Gasteiger charge is -2.57. The highest BCUT2D eigenvalue weighted by Gasteiger charge is 2.50. The molecule has 0 aromatic heterocycles. The van der Waals surface area contributed by atoms with Crippen LogP contribution in [0.4, 0.5) is 0 Å². The average Bonchev–Trinajstić information content (AvgIpc) is 2.91. The van der Waals surface area contributed by atoms with E-state index in [4.69, 9.17) is 9.47 Å². The van der Waals surface area contributed by atoms with E-state index in [0.717, 1.165) is 35.8 Å². The summed E-state index contributed by atoms with van der Waals surface area (Å²) in [7, 11) is 0. The number of ether oxygens (including phenoxy) is 2. The van der Waals surface area contributed by atoms with Crippen LogP contribution in [0.3, 0.4) is 0 Å². The van der Waals surface area contributed by atoms with Crippen molar-refractivity contribution in [1.82, 2.24) is 5.32 Å². The molecule has 1 heterocycles. The molecule has 4 heteroatoms. The van der Waals surface area contributed by atoms with Gasteiger partial charge < -0.3 is 27.2 Å². The minimum Gasteiger partial charge on any atom is -1.00 e. The topological polar surface area (TPSA) is 30.5 Å². The molecule has 1 N–H and O–H groups in total. The van der Waals surface area contributed by atoms with E-state index >= 15 is 0 Å². The van der Waals surface area contributed by atoms with Crippen molar-refractivity contribution >= 4 is 0 Å². The van der Waals surface area contributed by atoms with Crippen molar-refractivity contribution in [1.29, 1.82) is 0 Å². The number of benzene rings is 1. The summed E-state index contributed by atoms with van der Waals surface area (Å²) < 4.78 is 10.9. The molecule has 22 heavy (non-hydrogen) atoms. The molecule has 4 saturated carbocycles. The minimum absolute atomic E-state index is 0. The lowest BCUT2D eigenvalue weighted by atomic mass is 9.53. The molecule has 0 spiro atoms. The van der Waals surface area contributed by atoms with Gasteiger partial charge in [-0.3, -0.25) is 0 Å². The molecule has 1 aromatic rings. The van der Waals surface area contributed by atoms with Gasteiger partial charge in [0.05, 0.1) is 0 Å². The van der Waals surface area contributed by atoms with Gasteiger partial charge in [-0.15, -0.1) is 0 Å². The zero-order valence-electron chi connectivity index (χ0n) is 12.8. The first-order valence-electron chi connectivity index (χ1n) is 8.42. The summed E-state index contributed by atoms with van der Waals surface area (Å²) in [4.78, 5) is 0. The first-order chi connectivity index (χ1) is 10.3. The quantitative estimate of drug-likeness (QED) is 0.879. The van der Waals surface area contributed by atoms with Crippen molar-refractivity contribution in [3.63, 3.8) is 0 Å². The lowest BCUT2D eigenvalue weighted by Crippen LogP contribution is -3.00. The van der Waals surface area contributed by atoms with Gasteiger partial charge in [-0.05, 0) is 74.0 Å². The normalized spacial score (nSPS) is 37.2. The highest BCUT2D eigenvalue weighted by molar-refractivity contribution is 5.44. The molecule has 0 atom stereocenters. The zero-order valence-corrected chi connectivity index (χ0v) is 13.6. The molecule has 0 unspecified atom stereocenters. The molecule has 5 aliphatic rings. The number of fused-ring (bicyclic) bond motifs is 1. The standard InChI is InChI=1S/C18H23NO2.ClH/c1-2-16-17(21-11-20-16)6-12(1)10-19-18-7-13-3-14(8-18)5-15(4-13)9-18;/h1-2,6,13-15,19H,3-5,7-11H2;1H/p-1. The molecule has 1 aliphatic heterocycles. The number of nitrogens with one attached hydrogen (secondary N) is 1. The lowest BCUT2D eigenvalue weighted by molar-refractivity contribution is -0.0206. The summed E-state index contributed by atoms with van der Waals surface area (Å²) in [5.41, 5.74) is 1.75. The van der Waals surface area contributed by atoms with Crippen LogP contribution in [0.5, 0.6) is 11.5 Å². The maximum Gasteiger partial charge on any atom is 0.231 e. The van der Waals surface area contributed by atoms with Crippen LogP contribution in [0.15, 0.2) is 18.2 Å². The summed E-state index contributed by atoms with van der Waals surface area (Å²) in [6.45, 7) is 1.32. The van der Waals surface area contributed by atoms with Gasteiger partial charge in [0.15, 0.2) is 11.5 Å². The summed E-state index contributed by atoms with van der Waals surface area (Å²) in [6, 6.07) is 6.34. The fourth-order valence-corrected chi connectivity index (χ4v) is 5.67. The summed E-state index contributed by atoms with van der Waals surface area (Å²) in [5.74, 6) is 4.79. The minimum atomic E-state index is 0. The second-order valence-electron chi connectivity index (χ2n) is 7.74. The second-order valence-corrected chi connectivity index (χ2v) is 7.74. The van der Waals surface area contributed by atoms with Crippen LogP contribution in [-0.4, -0.2) is 12.3 Å². The van der Waals surface area contributed by atoms with Crippen LogP contribution in [0.25, 0.3) is 0 Å². The van der Waals surface area contributed by atoms with Gasteiger partial charge in [-0.1, -0.05) is 6.07 Å². The molecule has 4 fully saturated rings. The zero-order chi connectivity index (χ0) is 13.9. The van der Waals surface area contributed by atoms with Crippen LogP contribution in [0.1, 0.15) is 44.1 Å². The van der Waals surface area contributed by atoms with E-state index in [1.54, 1.807) is 0 Å². The maximum absolute atomic E-state index is 5.48. The Bertz CT molecular complexity index is 539. The summed E-state index contributed by atoms with van der Waals surface area (Å²) in [6.07, 6.45) is 8.73. The van der Waals surface area contributed by atoms with Crippen LogP contribution in [0.2, 0.25) is 0 Å². The third kappa shape index (κ3) is 2.39. The highest BCUT2D eigenvalue weighted by Crippen LogP contribution is 2.55. The van der Waals surface area contributed by atoms with Gasteiger partial charge in [0.1, 0.15) is 0 Å². The van der Waals surface area contributed by atoms with E-state index in [9.17, 15) is 0 Å². The largest absolute Gasteiger partial charge is 1.00 e. The van der Waals surface area contributed by atoms with Crippen molar-refractivity contribution in [2.24, 2.45) is 17.8 Å². The van der Waals surface area contributed by atoms with E-state index in [-0.39, 0.29) is 12.4 Å². The van der Waals surface area contributed by atoms with Crippen molar-refractivity contribution in [2.75, 3.05) is 6.79 Å². The molecule has 4 bridgehead atoms. The number of halogens is 1. The highest BCUT2D eigenvalue weighted by atomic mass is 35.5. The van der Waals surface area contributed by atoms with Crippen molar-refractivity contribution in [2.45, 2.75) is 50.6 Å². The molecule has 0 saturated heterocycles. The van der Waals surface area contributed by atoms with E-state index in [2.05, 4.69) is 17.4 Å². The Labute approximate surface area is 138 Å². The molecule has 4 aliphatic carbocycles. The van der Waals surface area contributed by atoms with Crippen LogP contribution >= 0.6 is 0 Å². The average molecular weight is 321 g/mol. The third-order valence-corrected chi connectivity index (χ3v) is 6.14. The van der Waals surface area contributed by atoms with E-state index in [0.29, 0.717) is 12.3 Å². The monoisotopic (exact) mass is 320 g/mol. The van der Waals surface area contributed by atoms with Gasteiger partial charge in [0.25, 0.3) is 0 Å². The van der Waals surface area contributed by atoms with Gasteiger partial charge in [-0.25, -0.2) is 0 Å². The molecule has 1 aromatic carbocycles.